The van der Waals surface area contributed by atoms with Gasteiger partial charge in [-0.2, -0.15) is 0 Å². The zero-order valence-electron chi connectivity index (χ0n) is 14.7. The number of aliphatic imine (C=N–C) groups is 1. The Morgan fingerprint density at radius 1 is 1.22 bits per heavy atom. The standard InChI is InChI=1S/C18H29N5/c1-13(2)9-10-14(3)21-18(19-4)20-12-11-17-22-15-7-5-6-8-16(15)23-17/h5-8,13-14H,9-12H2,1-4H3,(H,22,23)(H2,19,20,21). The van der Waals surface area contributed by atoms with Gasteiger partial charge >= 0.3 is 0 Å². The number of nitrogens with one attached hydrogen (secondary N) is 3. The molecule has 0 fully saturated rings. The predicted molar refractivity (Wildman–Crippen MR) is 97.8 cm³/mol. The van der Waals surface area contributed by atoms with E-state index in [0.29, 0.717) is 6.04 Å². The number of H-pyrrole nitrogens is 1. The fourth-order valence-electron chi connectivity index (χ4n) is 2.51. The first kappa shape index (κ1) is 17.3. The van der Waals surface area contributed by atoms with Gasteiger partial charge in [0.1, 0.15) is 5.82 Å². The third-order valence-electron chi connectivity index (χ3n) is 3.88. The molecule has 2 aromatic rings. The summed E-state index contributed by atoms with van der Waals surface area (Å²) in [7, 11) is 1.81. The molecule has 5 heteroatoms. The number of rotatable bonds is 7. The molecule has 0 aliphatic carbocycles. The average Bonchev–Trinajstić information content (AvgIpc) is 2.94. The summed E-state index contributed by atoms with van der Waals surface area (Å²) in [4.78, 5) is 12.2. The molecule has 3 N–H and O–H groups in total. The van der Waals surface area contributed by atoms with E-state index in [9.17, 15) is 0 Å². The van der Waals surface area contributed by atoms with Crippen LogP contribution in [0.2, 0.25) is 0 Å². The van der Waals surface area contributed by atoms with Crippen LogP contribution < -0.4 is 10.6 Å². The molecule has 0 bridgehead atoms. The van der Waals surface area contributed by atoms with Crippen molar-refractivity contribution >= 4 is 17.0 Å². The van der Waals surface area contributed by atoms with Gasteiger partial charge in [0.05, 0.1) is 11.0 Å². The van der Waals surface area contributed by atoms with Crippen molar-refractivity contribution in [2.45, 2.75) is 46.1 Å². The minimum Gasteiger partial charge on any atom is -0.356 e. The van der Waals surface area contributed by atoms with E-state index >= 15 is 0 Å². The second-order valence-electron chi connectivity index (χ2n) is 6.47. The van der Waals surface area contributed by atoms with Gasteiger partial charge in [0.25, 0.3) is 0 Å². The molecule has 126 valence electrons. The fourth-order valence-corrected chi connectivity index (χ4v) is 2.51. The van der Waals surface area contributed by atoms with Crippen LogP contribution in [0, 0.1) is 5.92 Å². The number of fused-ring (bicyclic) bond motifs is 1. The van der Waals surface area contributed by atoms with Crippen molar-refractivity contribution in [3.63, 3.8) is 0 Å². The normalized spacial score (nSPS) is 13.5. The first-order valence-corrected chi connectivity index (χ1v) is 8.49. The summed E-state index contributed by atoms with van der Waals surface area (Å²) in [5.74, 6) is 2.60. The first-order valence-electron chi connectivity index (χ1n) is 8.49. The number of aromatic amines is 1. The lowest BCUT2D eigenvalue weighted by Crippen LogP contribution is -2.43. The molecular weight excluding hydrogens is 286 g/mol. The number of para-hydroxylation sites is 2. The van der Waals surface area contributed by atoms with E-state index in [1.165, 1.54) is 6.42 Å². The van der Waals surface area contributed by atoms with Gasteiger partial charge in [0, 0.05) is 26.1 Å². The molecule has 0 aliphatic rings. The molecular formula is C18H29N5. The van der Waals surface area contributed by atoms with Crippen LogP contribution in [0.4, 0.5) is 0 Å². The zero-order chi connectivity index (χ0) is 16.7. The SMILES string of the molecule is CN=C(NCCc1nc2ccccc2[nH]1)NC(C)CCC(C)C. The maximum atomic E-state index is 4.59. The van der Waals surface area contributed by atoms with E-state index in [1.807, 2.05) is 25.2 Å². The molecule has 0 spiro atoms. The highest BCUT2D eigenvalue weighted by Gasteiger charge is 2.07. The minimum atomic E-state index is 0.426. The summed E-state index contributed by atoms with van der Waals surface area (Å²) >= 11 is 0. The molecule has 1 heterocycles. The molecule has 2 rings (SSSR count). The Labute approximate surface area is 139 Å². The lowest BCUT2D eigenvalue weighted by Gasteiger charge is -2.18. The Morgan fingerprint density at radius 2 is 2.00 bits per heavy atom. The zero-order valence-corrected chi connectivity index (χ0v) is 14.7. The van der Waals surface area contributed by atoms with Crippen LogP contribution in [-0.2, 0) is 6.42 Å². The number of guanidine groups is 1. The highest BCUT2D eigenvalue weighted by Crippen LogP contribution is 2.10. The second-order valence-corrected chi connectivity index (χ2v) is 6.47. The van der Waals surface area contributed by atoms with Crippen molar-refractivity contribution in [1.82, 2.24) is 20.6 Å². The van der Waals surface area contributed by atoms with Crippen molar-refractivity contribution in [3.05, 3.63) is 30.1 Å². The van der Waals surface area contributed by atoms with Crippen molar-refractivity contribution in [2.24, 2.45) is 10.9 Å². The van der Waals surface area contributed by atoms with Crippen molar-refractivity contribution in [3.8, 4) is 0 Å². The Morgan fingerprint density at radius 3 is 2.70 bits per heavy atom. The lowest BCUT2D eigenvalue weighted by atomic mass is 10.0. The van der Waals surface area contributed by atoms with E-state index in [1.54, 1.807) is 0 Å². The van der Waals surface area contributed by atoms with Crippen molar-refractivity contribution < 1.29 is 0 Å². The van der Waals surface area contributed by atoms with Crippen LogP contribution in [0.3, 0.4) is 0 Å². The monoisotopic (exact) mass is 315 g/mol. The molecule has 0 aliphatic heterocycles. The molecule has 0 amide bonds. The van der Waals surface area contributed by atoms with E-state index in [-0.39, 0.29) is 0 Å². The van der Waals surface area contributed by atoms with Crippen LogP contribution in [0.25, 0.3) is 11.0 Å². The molecule has 0 radical (unpaired) electrons. The van der Waals surface area contributed by atoms with Gasteiger partial charge in [-0.05, 0) is 37.8 Å². The highest BCUT2D eigenvalue weighted by molar-refractivity contribution is 5.80. The average molecular weight is 315 g/mol. The summed E-state index contributed by atoms with van der Waals surface area (Å²) in [5.41, 5.74) is 2.11. The molecule has 5 nitrogen and oxygen atoms in total. The molecule has 0 saturated heterocycles. The summed E-state index contributed by atoms with van der Waals surface area (Å²) in [6, 6.07) is 8.54. The van der Waals surface area contributed by atoms with Crippen LogP contribution >= 0.6 is 0 Å². The van der Waals surface area contributed by atoms with Gasteiger partial charge in [-0.1, -0.05) is 26.0 Å². The Bertz CT molecular complexity index is 596. The van der Waals surface area contributed by atoms with Gasteiger partial charge in [0.15, 0.2) is 5.96 Å². The Balaban J connectivity index is 1.77. The van der Waals surface area contributed by atoms with E-state index in [4.69, 9.17) is 0 Å². The molecule has 1 aromatic carbocycles. The van der Waals surface area contributed by atoms with Crippen LogP contribution in [-0.4, -0.2) is 35.6 Å². The molecule has 1 unspecified atom stereocenters. The maximum absolute atomic E-state index is 4.59. The number of nitrogens with zero attached hydrogens (tertiary/aromatic N) is 2. The summed E-state index contributed by atoms with van der Waals surface area (Å²) in [6.07, 6.45) is 3.22. The maximum Gasteiger partial charge on any atom is 0.191 e. The molecule has 1 atom stereocenters. The third-order valence-corrected chi connectivity index (χ3v) is 3.88. The van der Waals surface area contributed by atoms with Gasteiger partial charge < -0.3 is 15.6 Å². The van der Waals surface area contributed by atoms with E-state index in [2.05, 4.69) is 52.4 Å². The topological polar surface area (TPSA) is 65.1 Å². The van der Waals surface area contributed by atoms with Crippen LogP contribution in [0.1, 0.15) is 39.4 Å². The van der Waals surface area contributed by atoms with E-state index < -0.39 is 0 Å². The van der Waals surface area contributed by atoms with Gasteiger partial charge in [-0.3, -0.25) is 4.99 Å². The summed E-state index contributed by atoms with van der Waals surface area (Å²) < 4.78 is 0. The molecule has 23 heavy (non-hydrogen) atoms. The molecule has 0 saturated carbocycles. The molecule has 1 aromatic heterocycles. The number of aromatic nitrogens is 2. The van der Waals surface area contributed by atoms with Crippen molar-refractivity contribution in [2.75, 3.05) is 13.6 Å². The van der Waals surface area contributed by atoms with Crippen molar-refractivity contribution in [1.29, 1.82) is 0 Å². The number of hydrogen-bond donors (Lipinski definition) is 3. The largest absolute Gasteiger partial charge is 0.356 e. The van der Waals surface area contributed by atoms with E-state index in [0.717, 1.165) is 48.1 Å². The second kappa shape index (κ2) is 8.56. The Kier molecular flexibility index (Phi) is 6.44. The Hall–Kier alpha value is -2.04. The number of benzene rings is 1. The smallest absolute Gasteiger partial charge is 0.191 e. The highest BCUT2D eigenvalue weighted by atomic mass is 15.2. The van der Waals surface area contributed by atoms with Gasteiger partial charge in [-0.15, -0.1) is 0 Å². The number of hydrogen-bond acceptors (Lipinski definition) is 2. The summed E-state index contributed by atoms with van der Waals surface area (Å²) in [6.45, 7) is 7.52. The third kappa shape index (κ3) is 5.58. The van der Waals surface area contributed by atoms with Gasteiger partial charge in [-0.25, -0.2) is 4.98 Å². The number of imidazole rings is 1. The predicted octanol–water partition coefficient (Wildman–Crippen LogP) is 3.10. The quantitative estimate of drug-likeness (QED) is 0.543. The van der Waals surface area contributed by atoms with Crippen LogP contribution in [0.5, 0.6) is 0 Å². The lowest BCUT2D eigenvalue weighted by molar-refractivity contribution is 0.489. The minimum absolute atomic E-state index is 0.426. The van der Waals surface area contributed by atoms with Crippen LogP contribution in [0.15, 0.2) is 29.3 Å². The fraction of sp³-hybridized carbons (Fsp3) is 0.556. The van der Waals surface area contributed by atoms with Gasteiger partial charge in [0.2, 0.25) is 0 Å². The first-order chi connectivity index (χ1) is 11.1. The summed E-state index contributed by atoms with van der Waals surface area (Å²) in [5, 5.41) is 6.80.